The third-order valence-corrected chi connectivity index (χ3v) is 5.99. The number of benzene rings is 2. The second-order valence-electron chi connectivity index (χ2n) is 5.80. The zero-order valence-electron chi connectivity index (χ0n) is 15.3. The highest BCUT2D eigenvalue weighted by atomic mass is 32.2. The molecule has 27 heavy (non-hydrogen) atoms. The molecule has 3 rings (SSSR count). The molecule has 1 aliphatic heterocycles. The van der Waals surface area contributed by atoms with E-state index >= 15 is 0 Å². The first-order chi connectivity index (χ1) is 13.2. The molecule has 0 atom stereocenters. The molecule has 0 saturated heterocycles. The van der Waals surface area contributed by atoms with E-state index in [1.807, 2.05) is 48.5 Å². The fraction of sp³-hybridized carbons (Fsp3) is 0.238. The summed E-state index contributed by atoms with van der Waals surface area (Å²) in [5, 5.41) is -0.0366. The molecule has 0 amide bonds. The number of rotatable bonds is 7. The van der Waals surface area contributed by atoms with Gasteiger partial charge in [0.15, 0.2) is 11.5 Å². The minimum Gasteiger partial charge on any atom is -0.493 e. The number of hydrogen-bond donors (Lipinski definition) is 0. The van der Waals surface area contributed by atoms with Gasteiger partial charge in [0, 0.05) is 5.56 Å². The molecule has 4 nitrogen and oxygen atoms in total. The van der Waals surface area contributed by atoms with Crippen LogP contribution in [0.25, 0.3) is 6.08 Å². The Hall–Kier alpha value is -2.18. The zero-order chi connectivity index (χ0) is 19.1. The number of nitrogens with zero attached hydrogens (tertiary/aromatic N) is 1. The van der Waals surface area contributed by atoms with Gasteiger partial charge in [0.2, 0.25) is 5.12 Å². The molecule has 0 aromatic heterocycles. The highest BCUT2D eigenvalue weighted by Crippen LogP contribution is 2.36. The molecule has 0 unspecified atom stereocenters. The molecule has 0 spiro atoms. The topological polar surface area (TPSA) is 47.9 Å². The van der Waals surface area contributed by atoms with Gasteiger partial charge in [0.25, 0.3) is 0 Å². The van der Waals surface area contributed by atoms with Crippen molar-refractivity contribution >= 4 is 39.1 Å². The Morgan fingerprint density at radius 1 is 1.15 bits per heavy atom. The molecular formula is C21H21NO3S2. The minimum absolute atomic E-state index is 0.0366. The van der Waals surface area contributed by atoms with Crippen molar-refractivity contribution < 1.29 is 14.3 Å². The normalized spacial score (nSPS) is 15.1. The molecule has 2 aromatic rings. The van der Waals surface area contributed by atoms with E-state index in [9.17, 15) is 4.79 Å². The van der Waals surface area contributed by atoms with E-state index in [1.165, 1.54) is 11.8 Å². The van der Waals surface area contributed by atoms with E-state index < -0.39 is 0 Å². The van der Waals surface area contributed by atoms with Crippen molar-refractivity contribution in [2.24, 2.45) is 4.99 Å². The van der Waals surface area contributed by atoms with Gasteiger partial charge in [0.05, 0.1) is 7.11 Å². The van der Waals surface area contributed by atoms with Gasteiger partial charge < -0.3 is 9.47 Å². The smallest absolute Gasteiger partial charge is 0.244 e. The fourth-order valence-corrected chi connectivity index (χ4v) is 4.25. The van der Waals surface area contributed by atoms with E-state index in [1.54, 1.807) is 24.9 Å². The Balaban J connectivity index is 1.86. The molecule has 0 radical (unpaired) electrons. The maximum absolute atomic E-state index is 12.3. The van der Waals surface area contributed by atoms with Gasteiger partial charge in [-0.25, -0.2) is 4.99 Å². The lowest BCUT2D eigenvalue weighted by molar-refractivity contribution is -0.107. The molecule has 0 aliphatic carbocycles. The van der Waals surface area contributed by atoms with E-state index in [4.69, 9.17) is 9.47 Å². The van der Waals surface area contributed by atoms with Crippen molar-refractivity contribution in [2.75, 3.05) is 12.9 Å². The highest BCUT2D eigenvalue weighted by molar-refractivity contribution is 8.45. The summed E-state index contributed by atoms with van der Waals surface area (Å²) >= 11 is 2.81. The number of methoxy groups -OCH3 is 1. The third kappa shape index (κ3) is 5.17. The maximum atomic E-state index is 12.3. The van der Waals surface area contributed by atoms with Gasteiger partial charge >= 0.3 is 0 Å². The third-order valence-electron chi connectivity index (χ3n) is 3.78. The van der Waals surface area contributed by atoms with E-state index in [0.717, 1.165) is 27.7 Å². The number of para-hydroxylation sites is 1. The van der Waals surface area contributed by atoms with Crippen molar-refractivity contribution in [1.82, 2.24) is 0 Å². The Labute approximate surface area is 168 Å². The summed E-state index contributed by atoms with van der Waals surface area (Å²) in [7, 11) is 1.61. The van der Waals surface area contributed by atoms with Gasteiger partial charge in [-0.05, 0) is 41.6 Å². The van der Waals surface area contributed by atoms with Crippen molar-refractivity contribution in [1.29, 1.82) is 0 Å². The van der Waals surface area contributed by atoms with Crippen molar-refractivity contribution in [3.63, 3.8) is 0 Å². The van der Waals surface area contributed by atoms with E-state index in [0.29, 0.717) is 23.8 Å². The van der Waals surface area contributed by atoms with Gasteiger partial charge in [-0.3, -0.25) is 4.79 Å². The van der Waals surface area contributed by atoms with E-state index in [-0.39, 0.29) is 5.12 Å². The first-order valence-electron chi connectivity index (χ1n) is 8.70. The van der Waals surface area contributed by atoms with Crippen LogP contribution in [0.3, 0.4) is 0 Å². The quantitative estimate of drug-likeness (QED) is 0.584. The predicted octanol–water partition coefficient (Wildman–Crippen LogP) is 5.39. The van der Waals surface area contributed by atoms with Gasteiger partial charge in [-0.1, -0.05) is 61.2 Å². The number of carbonyl (C=O) groups excluding carboxylic acids is 1. The maximum Gasteiger partial charge on any atom is 0.244 e. The summed E-state index contributed by atoms with van der Waals surface area (Å²) in [4.78, 5) is 16.8. The van der Waals surface area contributed by atoms with Gasteiger partial charge in [0.1, 0.15) is 16.7 Å². The van der Waals surface area contributed by atoms with Crippen molar-refractivity contribution in [3.05, 3.63) is 65.4 Å². The Kier molecular flexibility index (Phi) is 7.01. The molecule has 0 N–H and O–H groups in total. The van der Waals surface area contributed by atoms with Crippen LogP contribution in [-0.2, 0) is 11.4 Å². The summed E-state index contributed by atoms with van der Waals surface area (Å²) in [6.07, 6.45) is 2.82. The Bertz CT molecular complexity index is 863. The molecule has 0 bridgehead atoms. The van der Waals surface area contributed by atoms with Gasteiger partial charge in [-0.15, -0.1) is 0 Å². The number of ether oxygens (including phenoxy) is 2. The summed E-state index contributed by atoms with van der Waals surface area (Å²) in [5.41, 5.74) is 2.28. The molecule has 6 heteroatoms. The first-order valence-corrected chi connectivity index (χ1v) is 10.5. The van der Waals surface area contributed by atoms with Crippen molar-refractivity contribution in [3.8, 4) is 11.5 Å². The van der Waals surface area contributed by atoms with Crippen LogP contribution in [0.2, 0.25) is 0 Å². The number of hydrogen-bond acceptors (Lipinski definition) is 6. The van der Waals surface area contributed by atoms with Crippen LogP contribution in [0.5, 0.6) is 11.5 Å². The SMILES string of the molecule is CCCSC1=N/C(=C\c2cccc(OC)c2OCc2ccccc2)C(=O)S1. The van der Waals surface area contributed by atoms with Crippen LogP contribution < -0.4 is 9.47 Å². The molecule has 2 aromatic carbocycles. The summed E-state index contributed by atoms with van der Waals surface area (Å²) in [6.45, 7) is 2.53. The summed E-state index contributed by atoms with van der Waals surface area (Å²) < 4.78 is 12.3. The van der Waals surface area contributed by atoms with Gasteiger partial charge in [-0.2, -0.15) is 0 Å². The lowest BCUT2D eigenvalue weighted by Crippen LogP contribution is -2.00. The fourth-order valence-electron chi connectivity index (χ4n) is 2.48. The second kappa shape index (κ2) is 9.67. The van der Waals surface area contributed by atoms with Crippen LogP contribution in [0.4, 0.5) is 0 Å². The Morgan fingerprint density at radius 2 is 1.96 bits per heavy atom. The van der Waals surface area contributed by atoms with E-state index in [2.05, 4.69) is 11.9 Å². The molecule has 1 aliphatic rings. The minimum atomic E-state index is -0.0366. The monoisotopic (exact) mass is 399 g/mol. The Morgan fingerprint density at radius 3 is 2.70 bits per heavy atom. The number of aliphatic imine (C=N–C) groups is 1. The van der Waals surface area contributed by atoms with Crippen LogP contribution in [0.15, 0.2) is 59.2 Å². The van der Waals surface area contributed by atoms with Crippen LogP contribution >= 0.6 is 23.5 Å². The van der Waals surface area contributed by atoms with Crippen LogP contribution in [-0.4, -0.2) is 22.4 Å². The average molecular weight is 400 g/mol. The lowest BCUT2D eigenvalue weighted by atomic mass is 10.1. The number of carbonyl (C=O) groups is 1. The molecular weight excluding hydrogens is 378 g/mol. The lowest BCUT2D eigenvalue weighted by Gasteiger charge is -2.13. The molecule has 140 valence electrons. The second-order valence-corrected chi connectivity index (χ2v) is 8.10. The highest BCUT2D eigenvalue weighted by Gasteiger charge is 2.23. The molecule has 0 fully saturated rings. The average Bonchev–Trinajstić information content (AvgIpc) is 3.05. The molecule has 0 saturated carbocycles. The van der Waals surface area contributed by atoms with Crippen LogP contribution in [0.1, 0.15) is 24.5 Å². The largest absolute Gasteiger partial charge is 0.493 e. The first kappa shape index (κ1) is 19.6. The predicted molar refractivity (Wildman–Crippen MR) is 115 cm³/mol. The standard InChI is InChI=1S/C21H21NO3S2/c1-3-12-26-21-22-17(20(23)27-21)13-16-10-7-11-18(24-2)19(16)25-14-15-8-5-4-6-9-15/h4-11,13H,3,12,14H2,1-2H3/b17-13-. The summed E-state index contributed by atoms with van der Waals surface area (Å²) in [6, 6.07) is 15.6. The zero-order valence-corrected chi connectivity index (χ0v) is 16.9. The molecule has 1 heterocycles. The van der Waals surface area contributed by atoms with Crippen molar-refractivity contribution in [2.45, 2.75) is 20.0 Å². The van der Waals surface area contributed by atoms with Crippen LogP contribution in [0, 0.1) is 0 Å². The number of thioether (sulfide) groups is 2. The summed E-state index contributed by atoms with van der Waals surface area (Å²) in [5.74, 6) is 2.19.